The summed E-state index contributed by atoms with van der Waals surface area (Å²) >= 11 is 17.3. The predicted molar refractivity (Wildman–Crippen MR) is 544 cm³/mol. The summed E-state index contributed by atoms with van der Waals surface area (Å²) in [5.41, 5.74) is 7.19. The second kappa shape index (κ2) is 58.9. The Morgan fingerprint density at radius 1 is 0.228 bits per heavy atom. The van der Waals surface area contributed by atoms with Gasteiger partial charge in [0.1, 0.15) is 0 Å². The zero-order valence-electron chi connectivity index (χ0n) is 80.8. The van der Waals surface area contributed by atoms with Crippen molar-refractivity contribution in [3.63, 3.8) is 0 Å². The molecule has 8 aromatic carbocycles. The minimum absolute atomic E-state index is 0.0593. The lowest BCUT2D eigenvalue weighted by Crippen LogP contribution is -2.07. The molecule has 0 saturated heterocycles. The predicted octanol–water partition coefficient (Wildman–Crippen LogP) is 21.8. The number of hydrogen-bond donors (Lipinski definition) is 1. The number of hydrogen-bond acceptors (Lipinski definition) is 37. The molecule has 38 nitrogen and oxygen atoms in total. The van der Waals surface area contributed by atoms with Crippen molar-refractivity contribution in [1.29, 1.82) is 0 Å². The fourth-order valence-electron chi connectivity index (χ4n) is 13.9. The Bertz CT molecular complexity index is 6290. The molecule has 0 fully saturated rings. The highest BCUT2D eigenvalue weighted by Crippen LogP contribution is 2.38. The van der Waals surface area contributed by atoms with E-state index >= 15 is 0 Å². The molecule has 0 aliphatic heterocycles. The van der Waals surface area contributed by atoms with E-state index < -0.39 is 59.7 Å². The second-order valence-electron chi connectivity index (χ2n) is 32.5. The number of halogens is 3. The van der Waals surface area contributed by atoms with Crippen LogP contribution in [0.25, 0.3) is 137 Å². The molecular formula is C108H103Cl3N12O26. The van der Waals surface area contributed by atoms with Gasteiger partial charge in [0.2, 0.25) is 34.9 Å². The van der Waals surface area contributed by atoms with Crippen LogP contribution >= 0.6 is 34.8 Å². The van der Waals surface area contributed by atoms with Gasteiger partial charge >= 0.3 is 59.7 Å². The number of carboxylic acids is 1. The van der Waals surface area contributed by atoms with E-state index in [1.807, 2.05) is 0 Å². The van der Waals surface area contributed by atoms with E-state index in [9.17, 15) is 47.9 Å². The third-order valence-corrected chi connectivity index (χ3v) is 22.4. The molecule has 0 amide bonds. The van der Waals surface area contributed by atoms with Gasteiger partial charge in [-0.2, -0.15) is 29.9 Å². The van der Waals surface area contributed by atoms with Crippen LogP contribution in [-0.4, -0.2) is 203 Å². The zero-order valence-corrected chi connectivity index (χ0v) is 83.1. The van der Waals surface area contributed by atoms with Crippen molar-refractivity contribution in [3.8, 4) is 137 Å². The molecule has 149 heavy (non-hydrogen) atoms. The zero-order chi connectivity index (χ0) is 105. The fourth-order valence-corrected chi connectivity index (χ4v) is 14.5. The normalized spacial score (nSPS) is 10.8. The molecule has 0 radical (unpaired) electrons. The van der Waals surface area contributed by atoms with Crippen LogP contribution in [0.1, 0.15) is 178 Å². The number of benzene rings is 8. The van der Waals surface area contributed by atoms with Crippen molar-refractivity contribution in [2.45, 2.75) is 116 Å². The fraction of sp³-hybridized carbons (Fsp3) is 0.278. The summed E-state index contributed by atoms with van der Waals surface area (Å²) in [7, 11) is 0. The number of esters is 9. The van der Waals surface area contributed by atoms with Crippen molar-refractivity contribution in [2.24, 2.45) is 0 Å². The van der Waals surface area contributed by atoms with Crippen LogP contribution in [0.5, 0.6) is 0 Å². The highest BCUT2D eigenvalue weighted by Gasteiger charge is 2.27. The highest BCUT2D eigenvalue weighted by molar-refractivity contribution is 6.18. The number of nitrogens with zero attached hydrogens (tertiary/aromatic N) is 12. The summed E-state index contributed by atoms with van der Waals surface area (Å²) in [5, 5.41) is 32.9. The quantitative estimate of drug-likeness (QED) is 0.0122. The molecule has 0 spiro atoms. The molecule has 14 aromatic rings. The molecule has 6 heterocycles. The number of carbonyl (C=O) groups excluding carboxylic acids is 9. The maximum Gasteiger partial charge on any atom is 0.338 e. The minimum Gasteiger partial charge on any atom is -0.478 e. The molecule has 0 bridgehead atoms. The van der Waals surface area contributed by atoms with Gasteiger partial charge < -0.3 is 74.9 Å². The maximum atomic E-state index is 13.0. The lowest BCUT2D eigenvalue weighted by atomic mass is 10.0. The molecule has 0 saturated carbocycles. The smallest absolute Gasteiger partial charge is 0.338 e. The Kier molecular flexibility index (Phi) is 43.9. The van der Waals surface area contributed by atoms with E-state index in [1.54, 1.807) is 182 Å². The van der Waals surface area contributed by atoms with E-state index in [0.717, 1.165) is 62.8 Å². The summed E-state index contributed by atoms with van der Waals surface area (Å²) in [6, 6.07) is 50.1. The largest absolute Gasteiger partial charge is 0.478 e. The second-order valence-corrected chi connectivity index (χ2v) is 33.7. The topological polar surface area (TPSA) is 508 Å². The molecule has 1 N–H and O–H groups in total. The number of ether oxygens (including phenoxy) is 9. The van der Waals surface area contributed by atoms with Gasteiger partial charge in [0, 0.05) is 109 Å². The van der Waals surface area contributed by atoms with Crippen LogP contribution in [0.15, 0.2) is 260 Å². The van der Waals surface area contributed by atoms with Gasteiger partial charge in [0.15, 0.2) is 0 Å². The molecule has 0 aliphatic rings. The van der Waals surface area contributed by atoms with Gasteiger partial charge in [-0.3, -0.25) is 0 Å². The van der Waals surface area contributed by atoms with Gasteiger partial charge in [-0.25, -0.2) is 47.9 Å². The van der Waals surface area contributed by atoms with Crippen molar-refractivity contribution in [3.05, 3.63) is 266 Å². The van der Waals surface area contributed by atoms with E-state index in [2.05, 4.69) is 87.2 Å². The van der Waals surface area contributed by atoms with Crippen LogP contribution in [0, 0.1) is 0 Å². The summed E-state index contributed by atoms with van der Waals surface area (Å²) < 4.78 is 82.5. The number of aromatic nitrogens is 12. The molecule has 0 aliphatic carbocycles. The van der Waals surface area contributed by atoms with Crippen LogP contribution in [0.2, 0.25) is 0 Å². The number of unbranched alkanes of at least 4 members (excludes halogenated alkanes) is 12. The molecule has 0 atom stereocenters. The number of carbonyl (C=O) groups is 10. The minimum atomic E-state index is -0.981. The molecule has 41 heteroatoms. The number of aliphatic carboxylic acids is 1. The summed E-state index contributed by atoms with van der Waals surface area (Å²) in [6.45, 7) is 15.1. The van der Waals surface area contributed by atoms with Crippen molar-refractivity contribution < 1.29 is 123 Å². The monoisotopic (exact) mass is 2090 g/mol. The Labute approximate surface area is 868 Å². The Morgan fingerprint density at radius 2 is 0.389 bits per heavy atom. The van der Waals surface area contributed by atoms with Gasteiger partial charge in [-0.1, -0.05) is 130 Å². The summed E-state index contributed by atoms with van der Waals surface area (Å²) in [5.74, 6) is -2.16. The van der Waals surface area contributed by atoms with Crippen molar-refractivity contribution >= 4 is 94.5 Å². The number of rotatable bonds is 55. The first-order chi connectivity index (χ1) is 72.6. The Morgan fingerprint density at radius 3 is 0.544 bits per heavy atom. The third kappa shape index (κ3) is 34.4. The first-order valence-corrected chi connectivity index (χ1v) is 49.1. The van der Waals surface area contributed by atoms with Gasteiger partial charge in [0.05, 0.1) is 92.8 Å². The van der Waals surface area contributed by atoms with E-state index in [4.69, 9.17) is 110 Å². The molecular weight excluding hydrogens is 1990 g/mol. The lowest BCUT2D eigenvalue weighted by Gasteiger charge is -2.06. The standard InChI is InChI=1S/C57H54N6O15.C48H45Cl3N6O9.C3H4O2/c1-4-46(64)70-25-10-7-13-28-73-55(67)40-22-16-19-37(31-40)49-58-52(76-61-49)43-34-44(53-59-50(62-77-53)38-20-17-23-41(32-38)56(68)74-29-14-8-11-26-71-47(65)5-2)36-45(35-43)54-60-51(63-78-54)39-21-18-24-42(33-39)57(69)75-30-15-9-12-27-72-48(66)6-3;49-19-4-1-7-22-61-46(58)34-16-10-13-31(25-34)40-52-43(64-55-40)37-28-38(44-53-41(56-65-44)32-14-11-17-35(26-32)47(59)62-23-8-2-5-20-50)30-39(29-37)45-54-42(57-66-45)33-15-12-18-36(27-33)48(60)63-24-9-3-6-21-51;1-2-3(4)5/h4-6,16-24,31-36H,1-3,7-15,25-30H2;10-18,25-30H,1-9,19-24H2;2H,1H2,(H,4,5). The first kappa shape index (κ1) is 111. The van der Waals surface area contributed by atoms with Crippen LogP contribution in [0.3, 0.4) is 0 Å². The van der Waals surface area contributed by atoms with Crippen LogP contribution in [0.4, 0.5) is 0 Å². The average molecular weight is 2090 g/mol. The van der Waals surface area contributed by atoms with Gasteiger partial charge in [-0.15, -0.1) is 34.8 Å². The molecule has 772 valence electrons. The summed E-state index contributed by atoms with van der Waals surface area (Å²) in [6.07, 6.45) is 17.0. The SMILES string of the molecule is C=CC(=O)O.C=CC(=O)OCCCCCOC(=O)c1cccc(-c2noc(-c3cc(-c4nc(-c5cccc(C(=O)OCCCCCOC(=O)C=C)c5)no4)cc(-c4nc(-c5cccc(C(=O)OCCCCCOC(=O)C=C)c5)no4)c3)n2)c1.O=C(OCCCCCCl)c1cccc(-c2noc(-c3cc(-c4nc(-c5cccc(C(=O)OCCCCCCl)c5)no4)cc(-c4nc(-c5cccc(C(=O)OCCCCCCl)c5)no4)c3)n2)c1. The summed E-state index contributed by atoms with van der Waals surface area (Å²) in [4.78, 5) is 149. The van der Waals surface area contributed by atoms with E-state index in [-0.39, 0.29) is 146 Å². The van der Waals surface area contributed by atoms with Crippen LogP contribution < -0.4 is 0 Å². The third-order valence-electron chi connectivity index (χ3n) is 21.5. The molecule has 14 rings (SSSR count). The number of carboxylic acid groups (broad SMARTS) is 1. The maximum absolute atomic E-state index is 13.0. The van der Waals surface area contributed by atoms with Crippen molar-refractivity contribution in [2.75, 3.05) is 77.1 Å². The molecule has 0 unspecified atom stereocenters. The van der Waals surface area contributed by atoms with E-state index in [0.29, 0.717) is 178 Å². The Balaban J connectivity index is 0.000000256. The average Bonchev–Trinajstić information content (AvgIpc) is 1.65. The first-order valence-electron chi connectivity index (χ1n) is 47.5. The molecule has 6 aromatic heterocycles. The van der Waals surface area contributed by atoms with Crippen LogP contribution in [-0.2, 0) is 61.8 Å². The van der Waals surface area contributed by atoms with Gasteiger partial charge in [0.25, 0.3) is 35.3 Å². The number of alkyl halides is 3. The van der Waals surface area contributed by atoms with E-state index in [1.165, 1.54) is 0 Å². The van der Waals surface area contributed by atoms with Crippen molar-refractivity contribution in [1.82, 2.24) is 60.8 Å². The highest BCUT2D eigenvalue weighted by atomic mass is 35.5. The lowest BCUT2D eigenvalue weighted by molar-refractivity contribution is -0.138. The Hall–Kier alpha value is -16.9. The van der Waals surface area contributed by atoms with Gasteiger partial charge in [-0.05, 0) is 225 Å².